The quantitative estimate of drug-likeness (QED) is 0.586. The molecule has 2 nitrogen and oxygen atoms in total. The monoisotopic (exact) mass is 214 g/mol. The standard InChI is InChI=1S/C13H11FN2/c14-12-6-2-4-10(8-12)9-3-1-5-11(7-9)13(15)16/h1-8H,(H3,15,16). The third kappa shape index (κ3) is 2.08. The predicted molar refractivity (Wildman–Crippen MR) is 62.9 cm³/mol. The summed E-state index contributed by atoms with van der Waals surface area (Å²) in [6, 6.07) is 13.5. The first kappa shape index (κ1) is 10.4. The van der Waals surface area contributed by atoms with Crippen LogP contribution in [0.15, 0.2) is 48.5 Å². The topological polar surface area (TPSA) is 49.9 Å². The summed E-state index contributed by atoms with van der Waals surface area (Å²) >= 11 is 0. The highest BCUT2D eigenvalue weighted by Gasteiger charge is 2.01. The van der Waals surface area contributed by atoms with Gasteiger partial charge in [-0.15, -0.1) is 0 Å². The van der Waals surface area contributed by atoms with Gasteiger partial charge in [-0.3, -0.25) is 5.41 Å². The Morgan fingerprint density at radius 2 is 1.62 bits per heavy atom. The van der Waals surface area contributed by atoms with E-state index in [1.807, 2.05) is 12.1 Å². The van der Waals surface area contributed by atoms with Gasteiger partial charge < -0.3 is 5.73 Å². The van der Waals surface area contributed by atoms with Crippen molar-refractivity contribution in [3.63, 3.8) is 0 Å². The average Bonchev–Trinajstić information content (AvgIpc) is 2.29. The van der Waals surface area contributed by atoms with Gasteiger partial charge in [0.15, 0.2) is 0 Å². The molecule has 0 aliphatic rings. The minimum atomic E-state index is -0.272. The van der Waals surface area contributed by atoms with E-state index in [0.717, 1.165) is 11.1 Å². The van der Waals surface area contributed by atoms with E-state index in [9.17, 15) is 4.39 Å². The minimum Gasteiger partial charge on any atom is -0.384 e. The smallest absolute Gasteiger partial charge is 0.123 e. The molecule has 2 aromatic carbocycles. The molecule has 0 bridgehead atoms. The zero-order valence-electron chi connectivity index (χ0n) is 8.57. The molecule has 0 fully saturated rings. The first-order chi connectivity index (χ1) is 7.66. The van der Waals surface area contributed by atoms with E-state index < -0.39 is 0 Å². The van der Waals surface area contributed by atoms with Gasteiger partial charge in [-0.25, -0.2) is 4.39 Å². The van der Waals surface area contributed by atoms with Crippen LogP contribution in [0.25, 0.3) is 11.1 Å². The second-order valence-corrected chi connectivity index (χ2v) is 3.50. The summed E-state index contributed by atoms with van der Waals surface area (Å²) in [6.45, 7) is 0. The number of nitrogens with one attached hydrogen (secondary N) is 1. The molecule has 0 unspecified atom stereocenters. The van der Waals surface area contributed by atoms with Gasteiger partial charge in [-0.2, -0.15) is 0 Å². The van der Waals surface area contributed by atoms with Gasteiger partial charge in [0.25, 0.3) is 0 Å². The van der Waals surface area contributed by atoms with E-state index in [2.05, 4.69) is 0 Å². The Hall–Kier alpha value is -2.16. The fourth-order valence-electron chi connectivity index (χ4n) is 1.53. The van der Waals surface area contributed by atoms with Gasteiger partial charge in [-0.05, 0) is 29.3 Å². The van der Waals surface area contributed by atoms with Crippen molar-refractivity contribution in [2.24, 2.45) is 5.73 Å². The molecular formula is C13H11FN2. The molecule has 80 valence electrons. The number of nitrogens with two attached hydrogens (primary N) is 1. The van der Waals surface area contributed by atoms with Crippen LogP contribution in [-0.2, 0) is 0 Å². The number of amidine groups is 1. The molecule has 0 atom stereocenters. The number of nitrogen functional groups attached to an aromatic ring is 1. The lowest BCUT2D eigenvalue weighted by atomic mass is 10.0. The molecule has 3 heteroatoms. The molecular weight excluding hydrogens is 203 g/mol. The van der Waals surface area contributed by atoms with Crippen LogP contribution in [0.1, 0.15) is 5.56 Å². The van der Waals surface area contributed by atoms with Crippen molar-refractivity contribution in [3.05, 3.63) is 59.9 Å². The Kier molecular flexibility index (Phi) is 2.68. The van der Waals surface area contributed by atoms with Crippen molar-refractivity contribution in [3.8, 4) is 11.1 Å². The van der Waals surface area contributed by atoms with Crippen LogP contribution in [0.5, 0.6) is 0 Å². The van der Waals surface area contributed by atoms with Crippen molar-refractivity contribution in [2.45, 2.75) is 0 Å². The van der Waals surface area contributed by atoms with Crippen molar-refractivity contribution >= 4 is 5.84 Å². The van der Waals surface area contributed by atoms with Gasteiger partial charge in [0, 0.05) is 5.56 Å². The van der Waals surface area contributed by atoms with Crippen LogP contribution >= 0.6 is 0 Å². The Bertz CT molecular complexity index is 535. The third-order valence-corrected chi connectivity index (χ3v) is 2.33. The zero-order chi connectivity index (χ0) is 11.5. The van der Waals surface area contributed by atoms with E-state index in [0.29, 0.717) is 5.56 Å². The first-order valence-corrected chi connectivity index (χ1v) is 4.87. The summed E-state index contributed by atoms with van der Waals surface area (Å²) < 4.78 is 13.0. The molecule has 0 heterocycles. The van der Waals surface area contributed by atoms with Crippen LogP contribution in [0, 0.1) is 11.2 Å². The van der Waals surface area contributed by atoms with Gasteiger partial charge in [-0.1, -0.05) is 30.3 Å². The van der Waals surface area contributed by atoms with Crippen LogP contribution in [0.3, 0.4) is 0 Å². The minimum absolute atomic E-state index is 0.0123. The normalized spacial score (nSPS) is 10.1. The molecule has 0 amide bonds. The SMILES string of the molecule is N=C(N)c1cccc(-c2cccc(F)c2)c1. The Morgan fingerprint density at radius 3 is 2.25 bits per heavy atom. The van der Waals surface area contributed by atoms with Gasteiger partial charge >= 0.3 is 0 Å². The highest BCUT2D eigenvalue weighted by molar-refractivity contribution is 5.96. The first-order valence-electron chi connectivity index (χ1n) is 4.87. The van der Waals surface area contributed by atoms with E-state index in [1.54, 1.807) is 24.3 Å². The second kappa shape index (κ2) is 4.14. The maximum absolute atomic E-state index is 13.0. The second-order valence-electron chi connectivity index (χ2n) is 3.50. The molecule has 0 radical (unpaired) electrons. The largest absolute Gasteiger partial charge is 0.384 e. The lowest BCUT2D eigenvalue weighted by molar-refractivity contribution is 0.628. The maximum Gasteiger partial charge on any atom is 0.123 e. The molecule has 0 saturated carbocycles. The lowest BCUT2D eigenvalue weighted by Gasteiger charge is -2.04. The predicted octanol–water partition coefficient (Wildman–Crippen LogP) is 2.78. The summed E-state index contributed by atoms with van der Waals surface area (Å²) in [6.07, 6.45) is 0. The van der Waals surface area contributed by atoms with E-state index in [-0.39, 0.29) is 11.7 Å². The molecule has 2 rings (SSSR count). The maximum atomic E-state index is 13.0. The van der Waals surface area contributed by atoms with Gasteiger partial charge in [0.2, 0.25) is 0 Å². The van der Waals surface area contributed by atoms with Gasteiger partial charge in [0.05, 0.1) is 0 Å². The zero-order valence-corrected chi connectivity index (χ0v) is 8.57. The van der Waals surface area contributed by atoms with Crippen LogP contribution < -0.4 is 5.73 Å². The summed E-state index contributed by atoms with van der Waals surface area (Å²) in [5, 5.41) is 7.34. The fraction of sp³-hybridized carbons (Fsp3) is 0. The van der Waals surface area contributed by atoms with Crippen molar-refractivity contribution < 1.29 is 4.39 Å². The summed E-state index contributed by atoms with van der Waals surface area (Å²) in [5.74, 6) is -0.260. The van der Waals surface area contributed by atoms with E-state index in [4.69, 9.17) is 11.1 Å². The number of hydrogen-bond donors (Lipinski definition) is 2. The number of halogens is 1. The Morgan fingerprint density at radius 1 is 1.00 bits per heavy atom. The molecule has 16 heavy (non-hydrogen) atoms. The highest BCUT2D eigenvalue weighted by atomic mass is 19.1. The molecule has 0 aromatic heterocycles. The van der Waals surface area contributed by atoms with E-state index >= 15 is 0 Å². The lowest BCUT2D eigenvalue weighted by Crippen LogP contribution is -2.10. The summed E-state index contributed by atoms with van der Waals surface area (Å²) in [4.78, 5) is 0. The fourth-order valence-corrected chi connectivity index (χ4v) is 1.53. The number of benzene rings is 2. The summed E-state index contributed by atoms with van der Waals surface area (Å²) in [7, 11) is 0. The molecule has 2 aromatic rings. The highest BCUT2D eigenvalue weighted by Crippen LogP contribution is 2.20. The number of rotatable bonds is 2. The molecule has 0 aliphatic carbocycles. The van der Waals surface area contributed by atoms with Crippen molar-refractivity contribution in [2.75, 3.05) is 0 Å². The van der Waals surface area contributed by atoms with Gasteiger partial charge in [0.1, 0.15) is 11.7 Å². The molecule has 0 aliphatic heterocycles. The third-order valence-electron chi connectivity index (χ3n) is 2.33. The summed E-state index contributed by atoms with van der Waals surface area (Å²) in [5.41, 5.74) is 7.67. The molecule has 3 N–H and O–H groups in total. The van der Waals surface area contributed by atoms with E-state index in [1.165, 1.54) is 12.1 Å². The van der Waals surface area contributed by atoms with Crippen LogP contribution in [0.4, 0.5) is 4.39 Å². The molecule has 0 saturated heterocycles. The van der Waals surface area contributed by atoms with Crippen molar-refractivity contribution in [1.82, 2.24) is 0 Å². The number of hydrogen-bond acceptors (Lipinski definition) is 1. The Labute approximate surface area is 93.0 Å². The van der Waals surface area contributed by atoms with Crippen LogP contribution in [-0.4, -0.2) is 5.84 Å². The molecule has 0 spiro atoms. The Balaban J connectivity index is 2.48. The van der Waals surface area contributed by atoms with Crippen LogP contribution in [0.2, 0.25) is 0 Å². The van der Waals surface area contributed by atoms with Crippen molar-refractivity contribution in [1.29, 1.82) is 5.41 Å². The average molecular weight is 214 g/mol.